The second-order valence-electron chi connectivity index (χ2n) is 6.10. The van der Waals surface area contributed by atoms with Crippen LogP contribution in [-0.4, -0.2) is 27.5 Å². The Labute approximate surface area is 156 Å². The average Bonchev–Trinajstić information content (AvgIpc) is 2.80. The third-order valence-corrected chi connectivity index (χ3v) is 4.03. The second-order valence-corrected chi connectivity index (χ2v) is 6.10. The van der Waals surface area contributed by atoms with E-state index in [0.29, 0.717) is 13.0 Å². The van der Waals surface area contributed by atoms with Gasteiger partial charge in [0.05, 0.1) is 16.6 Å². The highest BCUT2D eigenvalue weighted by Crippen LogP contribution is 2.15. The van der Waals surface area contributed by atoms with Crippen molar-refractivity contribution in [3.8, 4) is 0 Å². The molecule has 0 aliphatic heterocycles. The summed E-state index contributed by atoms with van der Waals surface area (Å²) < 4.78 is 2.11. The van der Waals surface area contributed by atoms with Gasteiger partial charge in [-0.2, -0.15) is 0 Å². The molecule has 1 amide bonds. The van der Waals surface area contributed by atoms with Crippen LogP contribution in [0.5, 0.6) is 0 Å². The van der Waals surface area contributed by atoms with Gasteiger partial charge < -0.3 is 15.6 Å². The number of halogens is 2. The first-order valence-electron chi connectivity index (χ1n) is 7.93. The Kier molecular flexibility index (Phi) is 9.33. The fourth-order valence-electron chi connectivity index (χ4n) is 2.70. The number of carbonyl (C=O) groups is 1. The van der Waals surface area contributed by atoms with Crippen LogP contribution >= 0.6 is 24.8 Å². The maximum absolute atomic E-state index is 12.0. The van der Waals surface area contributed by atoms with Gasteiger partial charge in [-0.25, -0.2) is 4.98 Å². The van der Waals surface area contributed by atoms with Gasteiger partial charge in [0, 0.05) is 20.0 Å². The quantitative estimate of drug-likeness (QED) is 0.731. The van der Waals surface area contributed by atoms with Crippen LogP contribution in [-0.2, 0) is 18.3 Å². The number of benzene rings is 1. The summed E-state index contributed by atoms with van der Waals surface area (Å²) in [5.74, 6) is 0.971. The zero-order valence-corrected chi connectivity index (χ0v) is 16.2. The lowest BCUT2D eigenvalue weighted by Gasteiger charge is -2.22. The van der Waals surface area contributed by atoms with Gasteiger partial charge in [-0.05, 0) is 31.9 Å². The number of aromatic nitrogens is 2. The SMILES string of the molecule is CCCC(C)(N)C(=O)NCCCc1nc2ccccc2n1C.Cl.Cl. The topological polar surface area (TPSA) is 72.9 Å². The van der Waals surface area contributed by atoms with E-state index in [-0.39, 0.29) is 30.7 Å². The van der Waals surface area contributed by atoms with Crippen LogP contribution in [0.3, 0.4) is 0 Å². The Bertz CT molecular complexity index is 655. The van der Waals surface area contributed by atoms with Crippen molar-refractivity contribution in [3.05, 3.63) is 30.1 Å². The molecule has 1 aromatic carbocycles. The van der Waals surface area contributed by atoms with Crippen molar-refractivity contribution in [1.82, 2.24) is 14.9 Å². The zero-order chi connectivity index (χ0) is 16.2. The van der Waals surface area contributed by atoms with Crippen molar-refractivity contribution in [2.45, 2.75) is 45.1 Å². The minimum absolute atomic E-state index is 0. The summed E-state index contributed by atoms with van der Waals surface area (Å²) in [7, 11) is 2.03. The first kappa shape index (κ1) is 22.7. The third-order valence-electron chi connectivity index (χ3n) is 4.03. The predicted molar refractivity (Wildman–Crippen MR) is 104 cm³/mol. The number of hydrogen-bond acceptors (Lipinski definition) is 3. The van der Waals surface area contributed by atoms with E-state index in [1.165, 1.54) is 0 Å². The number of carbonyl (C=O) groups excluding carboxylic acids is 1. The molecule has 1 atom stereocenters. The second kappa shape index (κ2) is 9.87. The van der Waals surface area contributed by atoms with Gasteiger partial charge in [0.1, 0.15) is 5.82 Å². The molecule has 0 aliphatic rings. The molecule has 0 saturated heterocycles. The lowest BCUT2D eigenvalue weighted by molar-refractivity contribution is -0.126. The van der Waals surface area contributed by atoms with Gasteiger partial charge in [0.15, 0.2) is 0 Å². The first-order chi connectivity index (χ1) is 10.5. The predicted octanol–water partition coefficient (Wildman–Crippen LogP) is 2.98. The van der Waals surface area contributed by atoms with Gasteiger partial charge in [0.2, 0.25) is 5.91 Å². The van der Waals surface area contributed by atoms with E-state index >= 15 is 0 Å². The van der Waals surface area contributed by atoms with Crippen LogP contribution in [0.4, 0.5) is 0 Å². The van der Waals surface area contributed by atoms with Gasteiger partial charge in [0.25, 0.3) is 0 Å². The molecule has 1 heterocycles. The molecule has 0 spiro atoms. The van der Waals surface area contributed by atoms with Gasteiger partial charge in [-0.15, -0.1) is 24.8 Å². The van der Waals surface area contributed by atoms with Gasteiger partial charge in [-0.1, -0.05) is 25.5 Å². The Morgan fingerprint density at radius 2 is 2.00 bits per heavy atom. The first-order valence-corrected chi connectivity index (χ1v) is 7.93. The summed E-state index contributed by atoms with van der Waals surface area (Å²) in [5, 5.41) is 2.93. The number of aryl methyl sites for hydroxylation is 2. The number of imidazole rings is 1. The summed E-state index contributed by atoms with van der Waals surface area (Å²) >= 11 is 0. The maximum Gasteiger partial charge on any atom is 0.239 e. The molecule has 0 saturated carbocycles. The van der Waals surface area contributed by atoms with Crippen LogP contribution in [0.1, 0.15) is 38.9 Å². The van der Waals surface area contributed by atoms with E-state index < -0.39 is 5.54 Å². The monoisotopic (exact) mass is 374 g/mol. The molecule has 24 heavy (non-hydrogen) atoms. The van der Waals surface area contributed by atoms with Crippen molar-refractivity contribution in [3.63, 3.8) is 0 Å². The molecule has 0 bridgehead atoms. The molecular weight excluding hydrogens is 347 g/mol. The smallest absolute Gasteiger partial charge is 0.239 e. The molecular formula is C17H28Cl2N4O. The molecule has 0 aliphatic carbocycles. The van der Waals surface area contributed by atoms with Crippen molar-refractivity contribution >= 4 is 41.8 Å². The Balaban J connectivity index is 0.00000264. The number of nitrogens with one attached hydrogen (secondary N) is 1. The van der Waals surface area contributed by atoms with Crippen molar-refractivity contribution in [1.29, 1.82) is 0 Å². The normalized spacial score (nSPS) is 12.8. The summed E-state index contributed by atoms with van der Waals surface area (Å²) in [6, 6.07) is 8.10. The Hall–Kier alpha value is -1.30. The van der Waals surface area contributed by atoms with E-state index in [1.807, 2.05) is 32.2 Å². The fraction of sp³-hybridized carbons (Fsp3) is 0.529. The number of para-hydroxylation sites is 2. The summed E-state index contributed by atoms with van der Waals surface area (Å²) in [4.78, 5) is 16.6. The average molecular weight is 375 g/mol. The largest absolute Gasteiger partial charge is 0.355 e. The van der Waals surface area contributed by atoms with E-state index in [9.17, 15) is 4.79 Å². The van der Waals surface area contributed by atoms with Crippen molar-refractivity contribution in [2.75, 3.05) is 6.54 Å². The van der Waals surface area contributed by atoms with Crippen molar-refractivity contribution < 1.29 is 4.79 Å². The third kappa shape index (κ3) is 5.36. The number of amides is 1. The van der Waals surface area contributed by atoms with E-state index in [1.54, 1.807) is 6.92 Å². The van der Waals surface area contributed by atoms with E-state index in [4.69, 9.17) is 5.73 Å². The Morgan fingerprint density at radius 1 is 1.33 bits per heavy atom. The fourth-order valence-corrected chi connectivity index (χ4v) is 2.70. The minimum Gasteiger partial charge on any atom is -0.355 e. The lowest BCUT2D eigenvalue weighted by Crippen LogP contribution is -2.51. The molecule has 0 fully saturated rings. The number of nitrogens with two attached hydrogens (primary N) is 1. The molecule has 5 nitrogen and oxygen atoms in total. The maximum atomic E-state index is 12.0. The number of rotatable bonds is 7. The van der Waals surface area contributed by atoms with Gasteiger partial charge >= 0.3 is 0 Å². The summed E-state index contributed by atoms with van der Waals surface area (Å²) in [5.41, 5.74) is 7.39. The van der Waals surface area contributed by atoms with E-state index in [0.717, 1.165) is 36.1 Å². The molecule has 1 unspecified atom stereocenters. The molecule has 2 aromatic rings. The van der Waals surface area contributed by atoms with Crippen LogP contribution in [0, 0.1) is 0 Å². The highest BCUT2D eigenvalue weighted by Gasteiger charge is 2.26. The molecule has 0 radical (unpaired) electrons. The van der Waals surface area contributed by atoms with Crippen LogP contribution in [0.25, 0.3) is 11.0 Å². The number of hydrogen-bond donors (Lipinski definition) is 2. The van der Waals surface area contributed by atoms with Crippen LogP contribution in [0.2, 0.25) is 0 Å². The molecule has 3 N–H and O–H groups in total. The molecule has 1 aromatic heterocycles. The molecule has 2 rings (SSSR count). The van der Waals surface area contributed by atoms with Crippen LogP contribution in [0.15, 0.2) is 24.3 Å². The van der Waals surface area contributed by atoms with Crippen molar-refractivity contribution in [2.24, 2.45) is 12.8 Å². The Morgan fingerprint density at radius 3 is 2.62 bits per heavy atom. The zero-order valence-electron chi connectivity index (χ0n) is 14.5. The summed E-state index contributed by atoms with van der Waals surface area (Å²) in [6.07, 6.45) is 3.29. The number of fused-ring (bicyclic) bond motifs is 1. The highest BCUT2D eigenvalue weighted by atomic mass is 35.5. The molecule has 7 heteroatoms. The summed E-state index contributed by atoms with van der Waals surface area (Å²) in [6.45, 7) is 4.44. The minimum atomic E-state index is -0.771. The van der Waals surface area contributed by atoms with Gasteiger partial charge in [-0.3, -0.25) is 4.79 Å². The molecule has 136 valence electrons. The standard InChI is InChI=1S/C17H26N4O.2ClH/c1-4-11-17(2,18)16(22)19-12-7-10-15-20-13-8-5-6-9-14(13)21(15)3;;/h5-6,8-9H,4,7,10-12,18H2,1-3H3,(H,19,22);2*1H. The lowest BCUT2D eigenvalue weighted by atomic mass is 9.96. The van der Waals surface area contributed by atoms with Crippen LogP contribution < -0.4 is 11.1 Å². The van der Waals surface area contributed by atoms with E-state index in [2.05, 4.69) is 20.9 Å². The highest BCUT2D eigenvalue weighted by molar-refractivity contribution is 5.86. The number of nitrogens with zero attached hydrogens (tertiary/aromatic N) is 2.